The summed E-state index contributed by atoms with van der Waals surface area (Å²) in [6, 6.07) is -0.108. The lowest BCUT2D eigenvalue weighted by atomic mass is 10.2. The SMILES string of the molecule is O=CC1CN(c2nc3nc(C4CC4)ncc3s2)CCN1. The minimum atomic E-state index is -0.108. The predicted octanol–water partition coefficient (Wildman–Crippen LogP) is 0.941. The third-order valence-corrected chi connectivity index (χ3v) is 4.78. The minimum absolute atomic E-state index is 0.108. The highest BCUT2D eigenvalue weighted by Crippen LogP contribution is 2.39. The van der Waals surface area contributed by atoms with Crippen molar-refractivity contribution in [3.63, 3.8) is 0 Å². The molecule has 3 heterocycles. The normalized spacial score (nSPS) is 23.2. The van der Waals surface area contributed by atoms with Crippen molar-refractivity contribution in [3.8, 4) is 0 Å². The van der Waals surface area contributed by atoms with Gasteiger partial charge in [-0.15, -0.1) is 0 Å². The summed E-state index contributed by atoms with van der Waals surface area (Å²) in [5.74, 6) is 1.48. The summed E-state index contributed by atoms with van der Waals surface area (Å²) in [6.45, 7) is 2.34. The summed E-state index contributed by atoms with van der Waals surface area (Å²) >= 11 is 1.60. The van der Waals surface area contributed by atoms with E-state index in [9.17, 15) is 4.79 Å². The standard InChI is InChI=1S/C13H15N5OS/c19-7-9-6-18(4-3-14-9)13-17-12-10(20-13)5-15-11(16-12)8-1-2-8/h5,7-9,14H,1-4,6H2. The molecule has 0 spiro atoms. The Kier molecular flexibility index (Phi) is 2.89. The molecule has 104 valence electrons. The number of nitrogens with zero attached hydrogens (tertiary/aromatic N) is 4. The Morgan fingerprint density at radius 1 is 1.40 bits per heavy atom. The fraction of sp³-hybridized carbons (Fsp3) is 0.538. The average Bonchev–Trinajstić information content (AvgIpc) is 3.26. The second-order valence-electron chi connectivity index (χ2n) is 5.33. The van der Waals surface area contributed by atoms with Gasteiger partial charge in [-0.25, -0.2) is 9.97 Å². The smallest absolute Gasteiger partial charge is 0.188 e. The average molecular weight is 289 g/mol. The molecule has 4 rings (SSSR count). The van der Waals surface area contributed by atoms with Crippen LogP contribution in [0.2, 0.25) is 0 Å². The first-order valence-electron chi connectivity index (χ1n) is 6.90. The number of hydrogen-bond donors (Lipinski definition) is 1. The van der Waals surface area contributed by atoms with Gasteiger partial charge in [0.05, 0.1) is 16.9 Å². The number of fused-ring (bicyclic) bond motifs is 1. The molecule has 2 aromatic heterocycles. The van der Waals surface area contributed by atoms with Gasteiger partial charge in [0.1, 0.15) is 12.1 Å². The molecule has 7 heteroatoms. The van der Waals surface area contributed by atoms with E-state index in [1.54, 1.807) is 11.3 Å². The minimum Gasteiger partial charge on any atom is -0.345 e. The maximum atomic E-state index is 10.9. The van der Waals surface area contributed by atoms with E-state index in [0.29, 0.717) is 12.5 Å². The Bertz CT molecular complexity index is 653. The fourth-order valence-corrected chi connectivity index (χ4v) is 3.37. The highest BCUT2D eigenvalue weighted by Gasteiger charge is 2.27. The largest absolute Gasteiger partial charge is 0.345 e. The van der Waals surface area contributed by atoms with Crippen molar-refractivity contribution in [3.05, 3.63) is 12.0 Å². The van der Waals surface area contributed by atoms with E-state index in [0.717, 1.165) is 40.7 Å². The third-order valence-electron chi connectivity index (χ3n) is 3.74. The predicted molar refractivity (Wildman–Crippen MR) is 77.3 cm³/mol. The molecule has 1 aliphatic heterocycles. The Labute approximate surface area is 120 Å². The number of anilines is 1. The maximum absolute atomic E-state index is 10.9. The molecule has 1 aliphatic carbocycles. The number of carbonyl (C=O) groups is 1. The van der Waals surface area contributed by atoms with Crippen molar-refractivity contribution in [1.82, 2.24) is 20.3 Å². The molecule has 20 heavy (non-hydrogen) atoms. The third kappa shape index (κ3) is 2.16. The Morgan fingerprint density at radius 2 is 2.30 bits per heavy atom. The summed E-state index contributed by atoms with van der Waals surface area (Å²) in [6.07, 6.45) is 5.24. The molecule has 2 aliphatic rings. The van der Waals surface area contributed by atoms with Gasteiger partial charge in [0.15, 0.2) is 10.8 Å². The molecule has 1 unspecified atom stereocenters. The van der Waals surface area contributed by atoms with Crippen molar-refractivity contribution < 1.29 is 4.79 Å². The number of aromatic nitrogens is 3. The van der Waals surface area contributed by atoms with E-state index in [1.807, 2.05) is 6.20 Å². The molecule has 1 atom stereocenters. The second-order valence-corrected chi connectivity index (χ2v) is 6.34. The topological polar surface area (TPSA) is 71.0 Å². The van der Waals surface area contributed by atoms with Crippen LogP contribution in [-0.4, -0.2) is 46.9 Å². The lowest BCUT2D eigenvalue weighted by Gasteiger charge is -2.30. The lowest BCUT2D eigenvalue weighted by Crippen LogP contribution is -2.51. The van der Waals surface area contributed by atoms with Gasteiger partial charge in [-0.05, 0) is 12.8 Å². The number of carbonyl (C=O) groups excluding carboxylic acids is 1. The van der Waals surface area contributed by atoms with Crippen LogP contribution in [0.15, 0.2) is 6.20 Å². The summed E-state index contributed by atoms with van der Waals surface area (Å²) < 4.78 is 1.02. The van der Waals surface area contributed by atoms with Gasteiger partial charge in [0.25, 0.3) is 0 Å². The second kappa shape index (κ2) is 4.75. The van der Waals surface area contributed by atoms with Crippen LogP contribution in [0.4, 0.5) is 5.13 Å². The lowest BCUT2D eigenvalue weighted by molar-refractivity contribution is -0.109. The molecule has 1 saturated carbocycles. The molecule has 0 aromatic carbocycles. The molecule has 1 N–H and O–H groups in total. The molecule has 2 aromatic rings. The van der Waals surface area contributed by atoms with E-state index in [4.69, 9.17) is 0 Å². The molecular weight excluding hydrogens is 274 g/mol. The van der Waals surface area contributed by atoms with E-state index >= 15 is 0 Å². The van der Waals surface area contributed by atoms with Gasteiger partial charge >= 0.3 is 0 Å². The molecule has 1 saturated heterocycles. The first-order valence-corrected chi connectivity index (χ1v) is 7.72. The highest BCUT2D eigenvalue weighted by molar-refractivity contribution is 7.22. The molecule has 2 fully saturated rings. The van der Waals surface area contributed by atoms with Crippen LogP contribution in [0.5, 0.6) is 0 Å². The van der Waals surface area contributed by atoms with Crippen molar-refractivity contribution >= 4 is 33.1 Å². The number of aldehydes is 1. The fourth-order valence-electron chi connectivity index (χ4n) is 2.46. The van der Waals surface area contributed by atoms with Crippen molar-refractivity contribution in [2.45, 2.75) is 24.8 Å². The van der Waals surface area contributed by atoms with E-state index in [1.165, 1.54) is 12.8 Å². The number of piperazine rings is 1. The van der Waals surface area contributed by atoms with Crippen molar-refractivity contribution in [1.29, 1.82) is 0 Å². The van der Waals surface area contributed by atoms with Crippen LogP contribution in [0.25, 0.3) is 10.3 Å². The Balaban J connectivity index is 1.64. The zero-order valence-corrected chi connectivity index (χ0v) is 11.8. The van der Waals surface area contributed by atoms with Gasteiger partial charge in [0, 0.05) is 25.6 Å². The van der Waals surface area contributed by atoms with Gasteiger partial charge in [-0.2, -0.15) is 4.98 Å². The van der Waals surface area contributed by atoms with Crippen LogP contribution < -0.4 is 10.2 Å². The Hall–Kier alpha value is -1.60. The maximum Gasteiger partial charge on any atom is 0.188 e. The molecule has 6 nitrogen and oxygen atoms in total. The molecule has 0 bridgehead atoms. The van der Waals surface area contributed by atoms with Gasteiger partial charge in [-0.1, -0.05) is 11.3 Å². The van der Waals surface area contributed by atoms with Crippen molar-refractivity contribution in [2.24, 2.45) is 0 Å². The number of rotatable bonds is 3. The van der Waals surface area contributed by atoms with E-state index < -0.39 is 0 Å². The van der Waals surface area contributed by atoms with E-state index in [-0.39, 0.29) is 6.04 Å². The molecule has 0 amide bonds. The van der Waals surface area contributed by atoms with Gasteiger partial charge in [-0.3, -0.25) is 0 Å². The number of nitrogens with one attached hydrogen (secondary N) is 1. The molecular formula is C13H15N5OS. The first kappa shape index (κ1) is 12.2. The van der Waals surface area contributed by atoms with Crippen LogP contribution >= 0.6 is 11.3 Å². The summed E-state index contributed by atoms with van der Waals surface area (Å²) in [5.41, 5.74) is 0.795. The van der Waals surface area contributed by atoms with Crippen LogP contribution in [0.1, 0.15) is 24.6 Å². The zero-order chi connectivity index (χ0) is 13.5. The number of hydrogen-bond acceptors (Lipinski definition) is 7. The summed E-state index contributed by atoms with van der Waals surface area (Å²) in [7, 11) is 0. The zero-order valence-electron chi connectivity index (χ0n) is 11.0. The summed E-state index contributed by atoms with van der Waals surface area (Å²) in [5, 5.41) is 4.11. The van der Waals surface area contributed by atoms with Crippen LogP contribution in [0, 0.1) is 0 Å². The van der Waals surface area contributed by atoms with E-state index in [2.05, 4.69) is 25.2 Å². The van der Waals surface area contributed by atoms with Crippen molar-refractivity contribution in [2.75, 3.05) is 24.5 Å². The quantitative estimate of drug-likeness (QED) is 0.848. The van der Waals surface area contributed by atoms with Gasteiger partial charge < -0.3 is 15.0 Å². The molecule has 0 radical (unpaired) electrons. The van der Waals surface area contributed by atoms with Gasteiger partial charge in [0.2, 0.25) is 0 Å². The number of thiazole rings is 1. The van der Waals surface area contributed by atoms with Crippen LogP contribution in [-0.2, 0) is 4.79 Å². The highest BCUT2D eigenvalue weighted by atomic mass is 32.1. The first-order chi connectivity index (χ1) is 9.83. The monoisotopic (exact) mass is 289 g/mol. The van der Waals surface area contributed by atoms with Crippen LogP contribution in [0.3, 0.4) is 0 Å². The Morgan fingerprint density at radius 3 is 3.10 bits per heavy atom. The summed E-state index contributed by atoms with van der Waals surface area (Å²) in [4.78, 5) is 26.7.